The zero-order chi connectivity index (χ0) is 14.8. The maximum absolute atomic E-state index is 12.3. The van der Waals surface area contributed by atoms with Crippen LogP contribution in [-0.4, -0.2) is 31.2 Å². The minimum absolute atomic E-state index is 0.0337. The highest BCUT2D eigenvalue weighted by atomic mass is 19.4. The SMILES string of the molecule is CCOC1C(N)CC1Oc1ccccc1OC(F)(F)F. The second-order valence-corrected chi connectivity index (χ2v) is 4.47. The third-order valence-electron chi connectivity index (χ3n) is 3.01. The van der Waals surface area contributed by atoms with E-state index in [2.05, 4.69) is 4.74 Å². The molecule has 112 valence electrons. The van der Waals surface area contributed by atoms with Gasteiger partial charge in [0, 0.05) is 19.1 Å². The van der Waals surface area contributed by atoms with Crippen molar-refractivity contribution < 1.29 is 27.4 Å². The Balaban J connectivity index is 2.06. The molecule has 1 aliphatic rings. The van der Waals surface area contributed by atoms with Crippen molar-refractivity contribution in [1.29, 1.82) is 0 Å². The monoisotopic (exact) mass is 291 g/mol. The van der Waals surface area contributed by atoms with Crippen LogP contribution in [0.1, 0.15) is 13.3 Å². The molecule has 0 radical (unpaired) electrons. The molecule has 1 saturated carbocycles. The van der Waals surface area contributed by atoms with Gasteiger partial charge in [-0.1, -0.05) is 12.1 Å². The molecule has 3 atom stereocenters. The molecule has 0 aromatic heterocycles. The zero-order valence-electron chi connectivity index (χ0n) is 10.9. The van der Waals surface area contributed by atoms with Gasteiger partial charge in [0.25, 0.3) is 0 Å². The van der Waals surface area contributed by atoms with Crippen molar-refractivity contribution >= 4 is 0 Å². The van der Waals surface area contributed by atoms with Crippen LogP contribution in [0.5, 0.6) is 11.5 Å². The van der Waals surface area contributed by atoms with Crippen LogP contribution in [0.2, 0.25) is 0 Å². The number of ether oxygens (including phenoxy) is 3. The van der Waals surface area contributed by atoms with Crippen molar-refractivity contribution in [2.45, 2.75) is 38.0 Å². The van der Waals surface area contributed by atoms with E-state index in [0.29, 0.717) is 13.0 Å². The number of benzene rings is 1. The van der Waals surface area contributed by atoms with Crippen LogP contribution in [-0.2, 0) is 4.74 Å². The summed E-state index contributed by atoms with van der Waals surface area (Å²) in [6.07, 6.45) is -4.89. The molecule has 0 spiro atoms. The van der Waals surface area contributed by atoms with Crippen LogP contribution in [0.4, 0.5) is 13.2 Å². The maximum atomic E-state index is 12.3. The van der Waals surface area contributed by atoms with Crippen LogP contribution < -0.4 is 15.2 Å². The van der Waals surface area contributed by atoms with E-state index in [1.54, 1.807) is 6.07 Å². The van der Waals surface area contributed by atoms with E-state index < -0.39 is 6.36 Å². The van der Waals surface area contributed by atoms with Crippen LogP contribution in [0.3, 0.4) is 0 Å². The number of hydrogen-bond donors (Lipinski definition) is 1. The first kappa shape index (κ1) is 14.9. The van der Waals surface area contributed by atoms with E-state index in [1.807, 2.05) is 6.92 Å². The Kier molecular flexibility index (Phi) is 4.39. The van der Waals surface area contributed by atoms with Gasteiger partial charge in [0.2, 0.25) is 0 Å². The summed E-state index contributed by atoms with van der Waals surface area (Å²) in [4.78, 5) is 0. The fourth-order valence-corrected chi connectivity index (χ4v) is 2.07. The van der Waals surface area contributed by atoms with Gasteiger partial charge in [-0.3, -0.25) is 0 Å². The Labute approximate surface area is 114 Å². The normalized spacial score (nSPS) is 25.9. The molecule has 1 fully saturated rings. The fourth-order valence-electron chi connectivity index (χ4n) is 2.07. The second-order valence-electron chi connectivity index (χ2n) is 4.47. The van der Waals surface area contributed by atoms with Gasteiger partial charge in [-0.25, -0.2) is 0 Å². The lowest BCUT2D eigenvalue weighted by molar-refractivity contribution is -0.275. The molecule has 20 heavy (non-hydrogen) atoms. The lowest BCUT2D eigenvalue weighted by Gasteiger charge is -2.41. The van der Waals surface area contributed by atoms with Crippen LogP contribution in [0.25, 0.3) is 0 Å². The van der Waals surface area contributed by atoms with E-state index >= 15 is 0 Å². The van der Waals surface area contributed by atoms with Gasteiger partial charge >= 0.3 is 6.36 Å². The van der Waals surface area contributed by atoms with Crippen molar-refractivity contribution in [3.63, 3.8) is 0 Å². The quantitative estimate of drug-likeness (QED) is 0.905. The molecule has 1 aromatic rings. The average Bonchev–Trinajstić information content (AvgIpc) is 2.36. The minimum Gasteiger partial charge on any atom is -0.484 e. The molecule has 2 rings (SSSR count). The summed E-state index contributed by atoms with van der Waals surface area (Å²) in [6.45, 7) is 2.29. The maximum Gasteiger partial charge on any atom is 0.573 e. The van der Waals surface area contributed by atoms with Gasteiger partial charge in [-0.15, -0.1) is 13.2 Å². The van der Waals surface area contributed by atoms with Gasteiger partial charge in [-0.2, -0.15) is 0 Å². The Hall–Kier alpha value is -1.47. The molecule has 2 N–H and O–H groups in total. The first-order valence-corrected chi connectivity index (χ1v) is 6.29. The number of rotatable bonds is 5. The summed E-state index contributed by atoms with van der Waals surface area (Å²) in [7, 11) is 0. The molecular formula is C13H16F3NO3. The molecule has 1 aromatic carbocycles. The van der Waals surface area contributed by atoms with Crippen molar-refractivity contribution in [1.82, 2.24) is 0 Å². The summed E-state index contributed by atoms with van der Waals surface area (Å²) >= 11 is 0. The van der Waals surface area contributed by atoms with Crippen molar-refractivity contribution in [3.05, 3.63) is 24.3 Å². The fraction of sp³-hybridized carbons (Fsp3) is 0.538. The largest absolute Gasteiger partial charge is 0.573 e. The van der Waals surface area contributed by atoms with Gasteiger partial charge in [0.05, 0.1) is 0 Å². The summed E-state index contributed by atoms with van der Waals surface area (Å²) in [5, 5.41) is 0. The number of alkyl halides is 3. The van der Waals surface area contributed by atoms with Gasteiger partial charge in [0.15, 0.2) is 11.5 Å². The standard InChI is InChI=1S/C13H16F3NO3/c1-2-18-12-8(17)7-11(12)19-9-5-3-4-6-10(9)20-13(14,15)16/h3-6,8,11-12H,2,7,17H2,1H3. The number of halogens is 3. The van der Waals surface area contributed by atoms with Crippen molar-refractivity contribution in [3.8, 4) is 11.5 Å². The topological polar surface area (TPSA) is 53.7 Å². The average molecular weight is 291 g/mol. The van der Waals surface area contributed by atoms with E-state index in [0.717, 1.165) is 0 Å². The number of hydrogen-bond acceptors (Lipinski definition) is 4. The molecule has 1 aliphatic carbocycles. The summed E-state index contributed by atoms with van der Waals surface area (Å²) in [5.41, 5.74) is 5.78. The molecule has 0 heterocycles. The summed E-state index contributed by atoms with van der Waals surface area (Å²) in [6, 6.07) is 5.49. The highest BCUT2D eigenvalue weighted by molar-refractivity contribution is 5.40. The van der Waals surface area contributed by atoms with E-state index in [4.69, 9.17) is 15.2 Å². The minimum atomic E-state index is -4.76. The molecule has 0 aliphatic heterocycles. The first-order chi connectivity index (χ1) is 9.40. The lowest BCUT2D eigenvalue weighted by atomic mass is 9.86. The molecule has 0 bridgehead atoms. The molecule has 7 heteroatoms. The molecule has 3 unspecified atom stereocenters. The molecular weight excluding hydrogens is 275 g/mol. The summed E-state index contributed by atoms with van der Waals surface area (Å²) < 4.78 is 51.7. The third-order valence-corrected chi connectivity index (χ3v) is 3.01. The molecule has 0 saturated heterocycles. The predicted molar refractivity (Wildman–Crippen MR) is 65.5 cm³/mol. The van der Waals surface area contributed by atoms with Gasteiger partial charge in [-0.05, 0) is 19.1 Å². The molecule has 4 nitrogen and oxygen atoms in total. The predicted octanol–water partition coefficient (Wildman–Crippen LogP) is 2.47. The van der Waals surface area contributed by atoms with Gasteiger partial charge in [0.1, 0.15) is 12.2 Å². The van der Waals surface area contributed by atoms with E-state index in [-0.39, 0.29) is 29.7 Å². The first-order valence-electron chi connectivity index (χ1n) is 6.29. The lowest BCUT2D eigenvalue weighted by Crippen LogP contribution is -2.59. The second kappa shape index (κ2) is 5.88. The van der Waals surface area contributed by atoms with Crippen LogP contribution in [0, 0.1) is 0 Å². The van der Waals surface area contributed by atoms with Gasteiger partial charge < -0.3 is 19.9 Å². The highest BCUT2D eigenvalue weighted by Gasteiger charge is 2.42. The molecule has 0 amide bonds. The van der Waals surface area contributed by atoms with Crippen molar-refractivity contribution in [2.75, 3.05) is 6.61 Å². The highest BCUT2D eigenvalue weighted by Crippen LogP contribution is 2.35. The number of nitrogens with two attached hydrogens (primary N) is 1. The Morgan fingerprint density at radius 2 is 1.90 bits per heavy atom. The Morgan fingerprint density at radius 3 is 2.45 bits per heavy atom. The van der Waals surface area contributed by atoms with Crippen LogP contribution in [0.15, 0.2) is 24.3 Å². The Morgan fingerprint density at radius 1 is 1.25 bits per heavy atom. The Bertz CT molecular complexity index is 453. The van der Waals surface area contributed by atoms with E-state index in [9.17, 15) is 13.2 Å². The van der Waals surface area contributed by atoms with E-state index in [1.165, 1.54) is 18.2 Å². The third kappa shape index (κ3) is 3.55. The summed E-state index contributed by atoms with van der Waals surface area (Å²) in [5.74, 6) is -0.331. The van der Waals surface area contributed by atoms with Crippen molar-refractivity contribution in [2.24, 2.45) is 5.73 Å². The smallest absolute Gasteiger partial charge is 0.484 e. The van der Waals surface area contributed by atoms with Crippen LogP contribution >= 0.6 is 0 Å². The number of para-hydroxylation sites is 2. The zero-order valence-corrected chi connectivity index (χ0v) is 10.9.